The van der Waals surface area contributed by atoms with E-state index in [9.17, 15) is 0 Å². The molecule has 0 aliphatic carbocycles. The Morgan fingerprint density at radius 2 is 2.08 bits per heavy atom. The third-order valence-electron chi connectivity index (χ3n) is 3.39. The predicted molar refractivity (Wildman–Crippen MR) is 104 cm³/mol. The van der Waals surface area contributed by atoms with Crippen molar-refractivity contribution in [2.24, 2.45) is 4.99 Å². The van der Waals surface area contributed by atoms with Crippen LogP contribution in [0.5, 0.6) is 11.5 Å². The van der Waals surface area contributed by atoms with Crippen molar-refractivity contribution in [3.8, 4) is 11.5 Å². The molecule has 136 valence electrons. The van der Waals surface area contributed by atoms with Gasteiger partial charge in [0.1, 0.15) is 5.01 Å². The van der Waals surface area contributed by atoms with E-state index < -0.39 is 0 Å². The summed E-state index contributed by atoms with van der Waals surface area (Å²) in [4.78, 5) is 10.3. The second-order valence-electron chi connectivity index (χ2n) is 5.19. The Bertz CT molecular complexity index is 700. The minimum Gasteiger partial charge on any atom is -0.493 e. The lowest BCUT2D eigenvalue weighted by Gasteiger charge is -2.14. The normalized spacial score (nSPS) is 11.3. The third kappa shape index (κ3) is 5.63. The van der Waals surface area contributed by atoms with E-state index in [1.807, 2.05) is 38.2 Å². The highest BCUT2D eigenvalue weighted by Gasteiger charge is 2.07. The van der Waals surface area contributed by atoms with Crippen molar-refractivity contribution >= 4 is 23.0 Å². The van der Waals surface area contributed by atoms with Gasteiger partial charge in [-0.25, -0.2) is 9.98 Å². The highest BCUT2D eigenvalue weighted by molar-refractivity contribution is 7.11. The van der Waals surface area contributed by atoms with E-state index in [2.05, 4.69) is 27.5 Å². The summed E-state index contributed by atoms with van der Waals surface area (Å²) in [5.41, 5.74) is 0.886. The summed E-state index contributed by atoms with van der Waals surface area (Å²) in [6, 6.07) is 5.73. The van der Waals surface area contributed by atoms with Crippen LogP contribution in [0.15, 0.2) is 29.4 Å². The molecule has 2 rings (SSSR count). The van der Waals surface area contributed by atoms with E-state index in [0.717, 1.165) is 23.7 Å². The average molecular weight is 362 g/mol. The number of nitrogens with one attached hydrogen (secondary N) is 2. The molecule has 7 heteroatoms. The minimum absolute atomic E-state index is 0.550. The molecule has 0 fully saturated rings. The van der Waals surface area contributed by atoms with Crippen LogP contribution in [0, 0.1) is 0 Å². The molecule has 1 aromatic heterocycles. The van der Waals surface area contributed by atoms with Crippen molar-refractivity contribution in [3.63, 3.8) is 0 Å². The Balaban J connectivity index is 2.11. The monoisotopic (exact) mass is 362 g/mol. The summed E-state index contributed by atoms with van der Waals surface area (Å²) >= 11 is 1.70. The van der Waals surface area contributed by atoms with E-state index in [4.69, 9.17) is 9.47 Å². The molecule has 0 radical (unpaired) electrons. The fourth-order valence-electron chi connectivity index (χ4n) is 2.20. The molecule has 0 bridgehead atoms. The number of thiazole rings is 1. The Hall–Kier alpha value is -2.28. The van der Waals surface area contributed by atoms with Crippen LogP contribution in [0.4, 0.5) is 5.69 Å². The molecule has 0 atom stereocenters. The molecule has 25 heavy (non-hydrogen) atoms. The van der Waals surface area contributed by atoms with Crippen LogP contribution >= 0.6 is 11.3 Å². The topological polar surface area (TPSA) is 67.8 Å². The largest absolute Gasteiger partial charge is 0.493 e. The van der Waals surface area contributed by atoms with E-state index in [1.165, 1.54) is 4.88 Å². The first kappa shape index (κ1) is 19.1. The number of benzene rings is 1. The van der Waals surface area contributed by atoms with Gasteiger partial charge < -0.3 is 20.1 Å². The summed E-state index contributed by atoms with van der Waals surface area (Å²) in [5.74, 6) is 2.13. The maximum atomic E-state index is 5.62. The molecule has 0 aliphatic heterocycles. The number of guanidine groups is 1. The number of rotatable bonds is 8. The third-order valence-corrected chi connectivity index (χ3v) is 4.52. The lowest BCUT2D eigenvalue weighted by Crippen LogP contribution is -2.30. The first-order valence-corrected chi connectivity index (χ1v) is 9.31. The van der Waals surface area contributed by atoms with E-state index >= 15 is 0 Å². The second kappa shape index (κ2) is 9.88. The Morgan fingerprint density at radius 3 is 2.72 bits per heavy atom. The van der Waals surface area contributed by atoms with Gasteiger partial charge in [0, 0.05) is 29.4 Å². The highest BCUT2D eigenvalue weighted by Crippen LogP contribution is 2.30. The van der Waals surface area contributed by atoms with E-state index in [1.54, 1.807) is 18.4 Å². The lowest BCUT2D eigenvalue weighted by atomic mass is 10.2. The van der Waals surface area contributed by atoms with Crippen LogP contribution in [-0.4, -0.2) is 31.2 Å². The first-order chi connectivity index (χ1) is 12.2. The molecule has 2 aromatic rings. The van der Waals surface area contributed by atoms with Gasteiger partial charge in [-0.1, -0.05) is 6.92 Å². The molecule has 6 nitrogen and oxygen atoms in total. The van der Waals surface area contributed by atoms with Gasteiger partial charge in [-0.2, -0.15) is 0 Å². The van der Waals surface area contributed by atoms with Crippen LogP contribution in [-0.2, 0) is 13.0 Å². The summed E-state index contributed by atoms with van der Waals surface area (Å²) in [6.07, 6.45) is 2.93. The zero-order chi connectivity index (χ0) is 18.1. The van der Waals surface area contributed by atoms with Crippen LogP contribution in [0.25, 0.3) is 0 Å². The highest BCUT2D eigenvalue weighted by atomic mass is 32.1. The number of nitrogens with zero attached hydrogens (tertiary/aromatic N) is 2. The van der Waals surface area contributed by atoms with Gasteiger partial charge in [0.15, 0.2) is 17.5 Å². The van der Waals surface area contributed by atoms with Crippen molar-refractivity contribution in [2.75, 3.05) is 25.6 Å². The Labute approximate surface area is 153 Å². The average Bonchev–Trinajstić information content (AvgIpc) is 3.08. The quantitative estimate of drug-likeness (QED) is 0.554. The zero-order valence-corrected chi connectivity index (χ0v) is 16.1. The van der Waals surface area contributed by atoms with Crippen molar-refractivity contribution in [2.45, 2.75) is 33.7 Å². The zero-order valence-electron chi connectivity index (χ0n) is 15.3. The van der Waals surface area contributed by atoms with Gasteiger partial charge in [-0.15, -0.1) is 11.3 Å². The number of methoxy groups -OCH3 is 1. The van der Waals surface area contributed by atoms with Crippen molar-refractivity contribution in [1.29, 1.82) is 0 Å². The first-order valence-electron chi connectivity index (χ1n) is 8.49. The molecule has 0 amide bonds. The molecular formula is C18H26N4O2S. The lowest BCUT2D eigenvalue weighted by molar-refractivity contribution is 0.311. The molecule has 0 aliphatic rings. The van der Waals surface area contributed by atoms with E-state index in [-0.39, 0.29) is 0 Å². The van der Waals surface area contributed by atoms with Gasteiger partial charge in [-0.3, -0.25) is 0 Å². The molecule has 1 heterocycles. The molecule has 0 saturated carbocycles. The van der Waals surface area contributed by atoms with Crippen molar-refractivity contribution in [3.05, 3.63) is 34.3 Å². The number of aromatic nitrogens is 1. The number of aliphatic imine (C=N–C) groups is 1. The van der Waals surface area contributed by atoms with Gasteiger partial charge in [0.25, 0.3) is 0 Å². The smallest absolute Gasteiger partial charge is 0.196 e. The molecule has 0 unspecified atom stereocenters. The number of hydrogen-bond donors (Lipinski definition) is 2. The van der Waals surface area contributed by atoms with Crippen molar-refractivity contribution in [1.82, 2.24) is 10.3 Å². The summed E-state index contributed by atoms with van der Waals surface area (Å²) in [5, 5.41) is 7.56. The van der Waals surface area contributed by atoms with Crippen LogP contribution in [0.2, 0.25) is 0 Å². The van der Waals surface area contributed by atoms with Crippen molar-refractivity contribution < 1.29 is 9.47 Å². The van der Waals surface area contributed by atoms with E-state index in [0.29, 0.717) is 30.6 Å². The van der Waals surface area contributed by atoms with Crippen LogP contribution in [0.1, 0.15) is 30.7 Å². The molecule has 1 aromatic carbocycles. The summed E-state index contributed by atoms with van der Waals surface area (Å²) < 4.78 is 10.9. The molecule has 0 saturated heterocycles. The number of aryl methyl sites for hydroxylation is 1. The summed E-state index contributed by atoms with van der Waals surface area (Å²) in [7, 11) is 1.63. The summed E-state index contributed by atoms with van der Waals surface area (Å²) in [6.45, 7) is 8.02. The SMILES string of the molecule is CCNC(=NCc1ncc(CC)s1)Nc1ccc(OC)c(OCC)c1. The predicted octanol–water partition coefficient (Wildman–Crippen LogP) is 3.69. The molecule has 0 spiro atoms. The standard InChI is InChI=1S/C18H26N4O2S/c1-5-14-11-20-17(25-14)12-21-18(19-6-2)22-13-8-9-15(23-4)16(10-13)24-7-3/h8-11H,5-7,12H2,1-4H3,(H2,19,21,22). The fraction of sp³-hybridized carbons (Fsp3) is 0.444. The van der Waals surface area contributed by atoms with Gasteiger partial charge in [0.2, 0.25) is 0 Å². The van der Waals surface area contributed by atoms with Gasteiger partial charge in [0.05, 0.1) is 20.3 Å². The number of ether oxygens (including phenoxy) is 2. The van der Waals surface area contributed by atoms with Crippen LogP contribution in [0.3, 0.4) is 0 Å². The number of hydrogen-bond acceptors (Lipinski definition) is 5. The number of anilines is 1. The minimum atomic E-state index is 0.550. The molecular weight excluding hydrogens is 336 g/mol. The fourth-order valence-corrected chi connectivity index (χ4v) is 2.98. The second-order valence-corrected chi connectivity index (χ2v) is 6.39. The maximum Gasteiger partial charge on any atom is 0.196 e. The Morgan fingerprint density at radius 1 is 1.24 bits per heavy atom. The molecule has 2 N–H and O–H groups in total. The maximum absolute atomic E-state index is 5.62. The van der Waals surface area contributed by atoms with Gasteiger partial charge >= 0.3 is 0 Å². The van der Waals surface area contributed by atoms with Crippen LogP contribution < -0.4 is 20.1 Å². The Kier molecular flexibility index (Phi) is 7.53. The van der Waals surface area contributed by atoms with Gasteiger partial charge in [-0.05, 0) is 32.4 Å².